The zero-order valence-corrected chi connectivity index (χ0v) is 14.4. The zero-order valence-electron chi connectivity index (χ0n) is 14.4. The van der Waals surface area contributed by atoms with Gasteiger partial charge in [-0.2, -0.15) is 5.10 Å². The summed E-state index contributed by atoms with van der Waals surface area (Å²) in [5, 5.41) is 16.1. The van der Waals surface area contributed by atoms with Crippen molar-refractivity contribution in [3.63, 3.8) is 0 Å². The number of rotatable bonds is 5. The maximum atomic E-state index is 11.8. The standard InChI is InChI=1S/C18H17N3O6/c1-25-14-4-2-3-12(16(14)22)9-20-21-18(24)17(23)19-8-11-5-6-13-15(7-11)27-10-26-13/h2-7,9,22H,8,10H2,1H3,(H,19,23)(H,21,24)/b20-9-. The molecule has 0 aromatic heterocycles. The highest BCUT2D eigenvalue weighted by atomic mass is 16.7. The van der Waals surface area contributed by atoms with Crippen LogP contribution in [0, 0.1) is 0 Å². The molecule has 0 spiro atoms. The lowest BCUT2D eigenvalue weighted by molar-refractivity contribution is -0.139. The molecule has 140 valence electrons. The Balaban J connectivity index is 1.51. The molecule has 27 heavy (non-hydrogen) atoms. The van der Waals surface area contributed by atoms with Crippen LogP contribution in [0.4, 0.5) is 0 Å². The van der Waals surface area contributed by atoms with Crippen molar-refractivity contribution >= 4 is 18.0 Å². The van der Waals surface area contributed by atoms with Crippen LogP contribution in [0.5, 0.6) is 23.0 Å². The number of nitrogens with zero attached hydrogens (tertiary/aromatic N) is 1. The topological polar surface area (TPSA) is 118 Å². The lowest BCUT2D eigenvalue weighted by Crippen LogP contribution is -2.37. The summed E-state index contributed by atoms with van der Waals surface area (Å²) in [6, 6.07) is 10.0. The van der Waals surface area contributed by atoms with Gasteiger partial charge in [0.15, 0.2) is 23.0 Å². The Hall–Kier alpha value is -3.75. The Morgan fingerprint density at radius 2 is 2.04 bits per heavy atom. The summed E-state index contributed by atoms with van der Waals surface area (Å²) in [6.07, 6.45) is 1.21. The van der Waals surface area contributed by atoms with E-state index in [1.807, 2.05) is 0 Å². The molecule has 0 unspecified atom stereocenters. The Kier molecular flexibility index (Phi) is 5.41. The number of benzene rings is 2. The highest BCUT2D eigenvalue weighted by Crippen LogP contribution is 2.32. The minimum absolute atomic E-state index is 0.120. The minimum Gasteiger partial charge on any atom is -0.504 e. The van der Waals surface area contributed by atoms with Gasteiger partial charge in [0.05, 0.1) is 13.3 Å². The van der Waals surface area contributed by atoms with E-state index < -0.39 is 11.8 Å². The summed E-state index contributed by atoms with van der Waals surface area (Å²) < 4.78 is 15.4. The van der Waals surface area contributed by atoms with Crippen molar-refractivity contribution in [1.82, 2.24) is 10.7 Å². The molecule has 2 aromatic rings. The molecule has 0 saturated carbocycles. The molecule has 2 amide bonds. The Labute approximate surface area is 154 Å². The SMILES string of the molecule is COc1cccc(/C=N\NC(=O)C(=O)NCc2ccc3c(c2)OCO3)c1O. The largest absolute Gasteiger partial charge is 0.504 e. The number of carbonyl (C=O) groups excluding carboxylic acids is 2. The summed E-state index contributed by atoms with van der Waals surface area (Å²) in [5.41, 5.74) is 3.18. The number of fused-ring (bicyclic) bond motifs is 1. The van der Waals surface area contributed by atoms with Crippen LogP contribution in [0.2, 0.25) is 0 Å². The maximum absolute atomic E-state index is 11.8. The zero-order chi connectivity index (χ0) is 19.2. The minimum atomic E-state index is -0.936. The van der Waals surface area contributed by atoms with Gasteiger partial charge in [0.1, 0.15) is 0 Å². The second-order valence-electron chi connectivity index (χ2n) is 5.47. The molecule has 0 fully saturated rings. The first-order chi connectivity index (χ1) is 13.1. The molecule has 3 rings (SSSR count). The first-order valence-electron chi connectivity index (χ1n) is 7.94. The van der Waals surface area contributed by atoms with Crippen molar-refractivity contribution in [2.24, 2.45) is 5.10 Å². The molecule has 1 aliphatic rings. The lowest BCUT2D eigenvalue weighted by atomic mass is 10.2. The van der Waals surface area contributed by atoms with Crippen LogP contribution in [-0.2, 0) is 16.1 Å². The highest BCUT2D eigenvalue weighted by molar-refractivity contribution is 6.35. The predicted molar refractivity (Wildman–Crippen MR) is 94.8 cm³/mol. The smallest absolute Gasteiger partial charge is 0.329 e. The van der Waals surface area contributed by atoms with Crippen LogP contribution in [0.15, 0.2) is 41.5 Å². The fraction of sp³-hybridized carbons (Fsp3) is 0.167. The van der Waals surface area contributed by atoms with Crippen molar-refractivity contribution in [3.8, 4) is 23.0 Å². The van der Waals surface area contributed by atoms with E-state index in [9.17, 15) is 14.7 Å². The Morgan fingerprint density at radius 3 is 2.85 bits per heavy atom. The van der Waals surface area contributed by atoms with Crippen molar-refractivity contribution in [3.05, 3.63) is 47.5 Å². The number of phenols is 1. The number of para-hydroxylation sites is 1. The van der Waals surface area contributed by atoms with Crippen molar-refractivity contribution in [2.75, 3.05) is 13.9 Å². The lowest BCUT2D eigenvalue weighted by Gasteiger charge is -2.06. The molecule has 9 nitrogen and oxygen atoms in total. The number of ether oxygens (including phenoxy) is 3. The van der Waals surface area contributed by atoms with Crippen LogP contribution in [-0.4, -0.2) is 37.0 Å². The van der Waals surface area contributed by atoms with Gasteiger partial charge in [-0.05, 0) is 29.8 Å². The number of methoxy groups -OCH3 is 1. The Morgan fingerprint density at radius 1 is 1.22 bits per heavy atom. The summed E-state index contributed by atoms with van der Waals surface area (Å²) in [7, 11) is 1.42. The number of hydrogen-bond acceptors (Lipinski definition) is 7. The van der Waals surface area contributed by atoms with Crippen LogP contribution in [0.25, 0.3) is 0 Å². The van der Waals surface area contributed by atoms with E-state index in [0.29, 0.717) is 17.1 Å². The van der Waals surface area contributed by atoms with Crippen molar-refractivity contribution < 1.29 is 28.9 Å². The third-order valence-electron chi connectivity index (χ3n) is 3.72. The van der Waals surface area contributed by atoms with Crippen LogP contribution in [0.3, 0.4) is 0 Å². The van der Waals surface area contributed by atoms with E-state index in [1.54, 1.807) is 36.4 Å². The van der Waals surface area contributed by atoms with Crippen LogP contribution >= 0.6 is 0 Å². The first kappa shape index (κ1) is 18.1. The summed E-state index contributed by atoms with van der Waals surface area (Å²) in [5.74, 6) is -0.405. The first-order valence-corrected chi connectivity index (χ1v) is 7.94. The van der Waals surface area contributed by atoms with Gasteiger partial charge in [0.2, 0.25) is 6.79 Å². The summed E-state index contributed by atoms with van der Waals surface area (Å²) in [6.45, 7) is 0.303. The Bertz CT molecular complexity index is 897. The van der Waals surface area contributed by atoms with E-state index >= 15 is 0 Å². The molecule has 1 heterocycles. The van der Waals surface area contributed by atoms with Gasteiger partial charge in [0, 0.05) is 12.1 Å². The molecule has 0 atom stereocenters. The normalized spacial score (nSPS) is 12.0. The molecular formula is C18H17N3O6. The maximum Gasteiger partial charge on any atom is 0.329 e. The fourth-order valence-corrected chi connectivity index (χ4v) is 2.33. The second-order valence-corrected chi connectivity index (χ2v) is 5.47. The van der Waals surface area contributed by atoms with Gasteiger partial charge in [0.25, 0.3) is 0 Å². The molecule has 9 heteroatoms. The quantitative estimate of drug-likeness (QED) is 0.408. The van der Waals surface area contributed by atoms with Gasteiger partial charge < -0.3 is 24.6 Å². The van der Waals surface area contributed by atoms with Crippen molar-refractivity contribution in [2.45, 2.75) is 6.54 Å². The molecule has 1 aliphatic heterocycles. The third kappa shape index (κ3) is 4.27. The third-order valence-corrected chi connectivity index (χ3v) is 3.72. The number of nitrogens with one attached hydrogen (secondary N) is 2. The van der Waals surface area contributed by atoms with Gasteiger partial charge in [-0.25, -0.2) is 5.43 Å². The van der Waals surface area contributed by atoms with Gasteiger partial charge in [-0.15, -0.1) is 0 Å². The highest BCUT2D eigenvalue weighted by Gasteiger charge is 2.15. The van der Waals surface area contributed by atoms with Gasteiger partial charge in [-0.3, -0.25) is 9.59 Å². The molecule has 2 aromatic carbocycles. The fourth-order valence-electron chi connectivity index (χ4n) is 2.33. The monoisotopic (exact) mass is 371 g/mol. The van der Waals surface area contributed by atoms with Gasteiger partial charge >= 0.3 is 11.8 Å². The molecule has 0 saturated heterocycles. The average molecular weight is 371 g/mol. The molecule has 0 radical (unpaired) electrons. The summed E-state index contributed by atoms with van der Waals surface area (Å²) in [4.78, 5) is 23.6. The number of amides is 2. The number of carbonyl (C=O) groups is 2. The van der Waals surface area contributed by atoms with E-state index in [-0.39, 0.29) is 24.8 Å². The van der Waals surface area contributed by atoms with E-state index in [4.69, 9.17) is 14.2 Å². The molecule has 0 bridgehead atoms. The predicted octanol–water partition coefficient (Wildman–Crippen LogP) is 0.896. The molecule has 3 N–H and O–H groups in total. The van der Waals surface area contributed by atoms with Crippen LogP contribution < -0.4 is 25.0 Å². The molecular weight excluding hydrogens is 354 g/mol. The van der Waals surface area contributed by atoms with E-state index in [2.05, 4.69) is 15.8 Å². The second kappa shape index (κ2) is 8.09. The van der Waals surface area contributed by atoms with Crippen LogP contribution in [0.1, 0.15) is 11.1 Å². The van der Waals surface area contributed by atoms with Gasteiger partial charge in [-0.1, -0.05) is 12.1 Å². The summed E-state index contributed by atoms with van der Waals surface area (Å²) >= 11 is 0. The van der Waals surface area contributed by atoms with E-state index in [1.165, 1.54) is 13.3 Å². The number of hydrazone groups is 1. The molecule has 0 aliphatic carbocycles. The average Bonchev–Trinajstić information content (AvgIpc) is 3.15. The van der Waals surface area contributed by atoms with E-state index in [0.717, 1.165) is 5.56 Å². The number of hydrogen-bond donors (Lipinski definition) is 3. The number of phenolic OH excluding ortho intramolecular Hbond substituents is 1. The number of aromatic hydroxyl groups is 1. The van der Waals surface area contributed by atoms with Crippen molar-refractivity contribution in [1.29, 1.82) is 0 Å².